The second-order valence-corrected chi connectivity index (χ2v) is 4.33. The van der Waals surface area contributed by atoms with Crippen molar-refractivity contribution in [2.24, 2.45) is 5.73 Å². The van der Waals surface area contributed by atoms with Crippen LogP contribution < -0.4 is 11.1 Å². The van der Waals surface area contributed by atoms with Crippen LogP contribution in [0.5, 0.6) is 0 Å². The highest BCUT2D eigenvalue weighted by molar-refractivity contribution is 5.97. The number of rotatable bonds is 5. The minimum Gasteiger partial charge on any atom is -0.384 e. The summed E-state index contributed by atoms with van der Waals surface area (Å²) < 4.78 is 0. The van der Waals surface area contributed by atoms with Crippen LogP contribution in [-0.2, 0) is 4.79 Å². The summed E-state index contributed by atoms with van der Waals surface area (Å²) in [5.74, 6) is 4.64. The third-order valence-corrected chi connectivity index (χ3v) is 2.61. The lowest BCUT2D eigenvalue weighted by Gasteiger charge is -2.07. The third-order valence-electron chi connectivity index (χ3n) is 2.61. The van der Waals surface area contributed by atoms with E-state index in [4.69, 9.17) is 10.8 Å². The third kappa shape index (κ3) is 5.12. The molecule has 0 bridgehead atoms. The highest BCUT2D eigenvalue weighted by Gasteiger charge is 2.10. The summed E-state index contributed by atoms with van der Waals surface area (Å²) in [5.41, 5.74) is 7.00. The van der Waals surface area contributed by atoms with E-state index in [0.29, 0.717) is 24.1 Å². The number of benzene rings is 1. The van der Waals surface area contributed by atoms with E-state index in [9.17, 15) is 9.59 Å². The van der Waals surface area contributed by atoms with Gasteiger partial charge in [0, 0.05) is 18.5 Å². The fourth-order valence-electron chi connectivity index (χ4n) is 1.65. The van der Waals surface area contributed by atoms with Gasteiger partial charge in [-0.15, -0.1) is 0 Å². The number of amides is 2. The largest absolute Gasteiger partial charge is 0.384 e. The van der Waals surface area contributed by atoms with Crippen molar-refractivity contribution in [3.8, 4) is 11.8 Å². The Kier molecular flexibility index (Phi) is 6.27. The number of nitrogens with one attached hydrogen (secondary N) is 1. The predicted octanol–water partition coefficient (Wildman–Crippen LogP) is 0.334. The summed E-state index contributed by atoms with van der Waals surface area (Å²) in [6.45, 7) is 2.00. The second-order valence-electron chi connectivity index (χ2n) is 4.33. The standard InChI is InChI=1S/C15H18N2O3/c1-11-6-7-12(4-3-9-18)13(10-11)15(20)17-8-2-5-14(16)19/h6-7,10,18H,2,5,8-9H2,1H3,(H2,16,19)(H,17,20). The maximum Gasteiger partial charge on any atom is 0.252 e. The molecule has 5 nitrogen and oxygen atoms in total. The van der Waals surface area contributed by atoms with Crippen molar-refractivity contribution in [3.05, 3.63) is 34.9 Å². The number of primary amides is 1. The number of hydrogen-bond acceptors (Lipinski definition) is 3. The molecule has 0 fully saturated rings. The summed E-state index contributed by atoms with van der Waals surface area (Å²) >= 11 is 0. The molecule has 5 heteroatoms. The SMILES string of the molecule is Cc1ccc(C#CCO)c(C(=O)NCCCC(N)=O)c1. The van der Waals surface area contributed by atoms with E-state index in [-0.39, 0.29) is 24.8 Å². The number of carbonyl (C=O) groups is 2. The van der Waals surface area contributed by atoms with Crippen molar-refractivity contribution in [2.45, 2.75) is 19.8 Å². The zero-order chi connectivity index (χ0) is 15.0. The van der Waals surface area contributed by atoms with Crippen molar-refractivity contribution >= 4 is 11.8 Å². The first kappa shape index (κ1) is 15.7. The van der Waals surface area contributed by atoms with Gasteiger partial charge < -0.3 is 16.2 Å². The van der Waals surface area contributed by atoms with Gasteiger partial charge in [-0.25, -0.2) is 0 Å². The van der Waals surface area contributed by atoms with Gasteiger partial charge in [0.15, 0.2) is 0 Å². The molecule has 4 N–H and O–H groups in total. The lowest BCUT2D eigenvalue weighted by molar-refractivity contribution is -0.118. The number of aliphatic hydroxyl groups is 1. The number of aryl methyl sites for hydroxylation is 1. The Labute approximate surface area is 118 Å². The lowest BCUT2D eigenvalue weighted by atomic mass is 10.0. The van der Waals surface area contributed by atoms with E-state index in [1.807, 2.05) is 13.0 Å². The normalized spacial score (nSPS) is 9.50. The Balaban J connectivity index is 2.75. The number of carbonyl (C=O) groups excluding carboxylic acids is 2. The molecule has 0 heterocycles. The number of nitrogens with two attached hydrogens (primary N) is 1. The molecule has 1 aromatic carbocycles. The number of aliphatic hydroxyl groups excluding tert-OH is 1. The zero-order valence-corrected chi connectivity index (χ0v) is 11.4. The lowest BCUT2D eigenvalue weighted by Crippen LogP contribution is -2.26. The molecule has 1 aromatic rings. The quantitative estimate of drug-likeness (QED) is 0.534. The maximum absolute atomic E-state index is 12.1. The van der Waals surface area contributed by atoms with Crippen molar-refractivity contribution < 1.29 is 14.7 Å². The molecule has 0 aliphatic rings. The van der Waals surface area contributed by atoms with E-state index in [0.717, 1.165) is 5.56 Å². The molecule has 0 saturated heterocycles. The molecular weight excluding hydrogens is 256 g/mol. The topological polar surface area (TPSA) is 92.4 Å². The molecule has 2 amide bonds. The van der Waals surface area contributed by atoms with Crippen molar-refractivity contribution in [2.75, 3.05) is 13.2 Å². The highest BCUT2D eigenvalue weighted by Crippen LogP contribution is 2.11. The minimum absolute atomic E-state index is 0.241. The van der Waals surface area contributed by atoms with Crippen LogP contribution in [0.25, 0.3) is 0 Å². The summed E-state index contributed by atoms with van der Waals surface area (Å²) in [6.07, 6.45) is 0.746. The average molecular weight is 274 g/mol. The Morgan fingerprint density at radius 3 is 2.80 bits per heavy atom. The Hall–Kier alpha value is -2.32. The first-order valence-electron chi connectivity index (χ1n) is 6.31. The minimum atomic E-state index is -0.385. The van der Waals surface area contributed by atoms with Gasteiger partial charge in [0.2, 0.25) is 5.91 Å². The van der Waals surface area contributed by atoms with Gasteiger partial charge in [0.1, 0.15) is 6.61 Å². The van der Waals surface area contributed by atoms with Crippen molar-refractivity contribution in [3.63, 3.8) is 0 Å². The molecule has 0 aromatic heterocycles. The fraction of sp³-hybridized carbons (Fsp3) is 0.333. The molecule has 1 rings (SSSR count). The molecule has 106 valence electrons. The second kappa shape index (κ2) is 7.97. The summed E-state index contributed by atoms with van der Waals surface area (Å²) in [5, 5.41) is 11.4. The monoisotopic (exact) mass is 274 g/mol. The maximum atomic E-state index is 12.1. The van der Waals surface area contributed by atoms with Crippen LogP contribution in [0.15, 0.2) is 18.2 Å². The Morgan fingerprint density at radius 1 is 1.40 bits per heavy atom. The van der Waals surface area contributed by atoms with Gasteiger partial charge in [0.25, 0.3) is 5.91 Å². The summed E-state index contributed by atoms with van der Waals surface area (Å²) in [7, 11) is 0. The van der Waals surface area contributed by atoms with Gasteiger partial charge in [-0.2, -0.15) is 0 Å². The van der Waals surface area contributed by atoms with E-state index >= 15 is 0 Å². The predicted molar refractivity (Wildman–Crippen MR) is 75.9 cm³/mol. The van der Waals surface area contributed by atoms with Gasteiger partial charge in [0.05, 0.1) is 5.56 Å². The molecule has 20 heavy (non-hydrogen) atoms. The van der Waals surface area contributed by atoms with Crippen LogP contribution in [0.3, 0.4) is 0 Å². The summed E-state index contributed by atoms with van der Waals surface area (Å²) in [4.78, 5) is 22.7. The molecule has 0 aliphatic heterocycles. The first-order chi connectivity index (χ1) is 9.54. The molecule has 0 saturated carbocycles. The smallest absolute Gasteiger partial charge is 0.252 e. The molecule has 0 atom stereocenters. The number of hydrogen-bond donors (Lipinski definition) is 3. The highest BCUT2D eigenvalue weighted by atomic mass is 16.2. The van der Waals surface area contributed by atoms with E-state index in [1.54, 1.807) is 12.1 Å². The molecule has 0 unspecified atom stereocenters. The van der Waals surface area contributed by atoms with Gasteiger partial charge in [-0.05, 0) is 25.5 Å². The molecule has 0 radical (unpaired) electrons. The van der Waals surface area contributed by atoms with E-state index in [1.165, 1.54) is 0 Å². The van der Waals surface area contributed by atoms with Crippen molar-refractivity contribution in [1.29, 1.82) is 0 Å². The zero-order valence-electron chi connectivity index (χ0n) is 11.4. The summed E-state index contributed by atoms with van der Waals surface area (Å²) in [6, 6.07) is 5.34. The molecule has 0 spiro atoms. The van der Waals surface area contributed by atoms with E-state index in [2.05, 4.69) is 17.2 Å². The Bertz CT molecular complexity index is 556. The molecular formula is C15H18N2O3. The molecule has 0 aliphatic carbocycles. The van der Waals surface area contributed by atoms with Crippen LogP contribution in [0, 0.1) is 18.8 Å². The van der Waals surface area contributed by atoms with Crippen molar-refractivity contribution in [1.82, 2.24) is 5.32 Å². The first-order valence-corrected chi connectivity index (χ1v) is 6.31. The Morgan fingerprint density at radius 2 is 2.15 bits per heavy atom. The van der Waals surface area contributed by atoms with Gasteiger partial charge in [-0.1, -0.05) is 23.5 Å². The van der Waals surface area contributed by atoms with Crippen LogP contribution >= 0.6 is 0 Å². The van der Waals surface area contributed by atoms with Crippen LogP contribution in [-0.4, -0.2) is 30.1 Å². The van der Waals surface area contributed by atoms with Crippen LogP contribution in [0.4, 0.5) is 0 Å². The van der Waals surface area contributed by atoms with Crippen LogP contribution in [0.1, 0.15) is 34.3 Å². The van der Waals surface area contributed by atoms with Gasteiger partial charge >= 0.3 is 0 Å². The average Bonchev–Trinajstić information content (AvgIpc) is 2.41. The van der Waals surface area contributed by atoms with Crippen LogP contribution in [0.2, 0.25) is 0 Å². The fourth-order valence-corrected chi connectivity index (χ4v) is 1.65. The van der Waals surface area contributed by atoms with E-state index < -0.39 is 0 Å². The van der Waals surface area contributed by atoms with Gasteiger partial charge in [-0.3, -0.25) is 9.59 Å².